The van der Waals surface area contributed by atoms with E-state index < -0.39 is 11.5 Å². The number of likely N-dealkylation sites (N-methyl/N-ethyl adjacent to an activating group) is 1. The van der Waals surface area contributed by atoms with E-state index in [1.165, 1.54) is 0 Å². The van der Waals surface area contributed by atoms with Crippen molar-refractivity contribution in [3.63, 3.8) is 0 Å². The lowest BCUT2D eigenvalue weighted by molar-refractivity contribution is -0.154. The van der Waals surface area contributed by atoms with E-state index in [2.05, 4.69) is 5.32 Å². The summed E-state index contributed by atoms with van der Waals surface area (Å²) in [7, 11) is 1.71. The van der Waals surface area contributed by atoms with Crippen LogP contribution in [0.5, 0.6) is 0 Å². The highest BCUT2D eigenvalue weighted by Gasteiger charge is 2.48. The lowest BCUT2D eigenvalue weighted by Gasteiger charge is -2.47. The lowest BCUT2D eigenvalue weighted by atomic mass is 9.71. The number of β-amino-alcohol motifs (C(OH)–C–C–N with tert-alkyl or cyclic N) is 1. The van der Waals surface area contributed by atoms with E-state index in [1.807, 2.05) is 0 Å². The molecule has 1 aromatic rings. The number of nitrogens with zero attached hydrogens (tertiary/aromatic N) is 2. The van der Waals surface area contributed by atoms with E-state index in [4.69, 9.17) is 11.6 Å². The molecule has 2 saturated heterocycles. The molecule has 152 valence electrons. The maximum Gasteiger partial charge on any atom is 0.255 e. The monoisotopic (exact) mass is 407 g/mol. The fraction of sp³-hybridized carbons (Fsp3) is 0.550. The molecule has 0 radical (unpaired) electrons. The van der Waals surface area contributed by atoms with Crippen molar-refractivity contribution < 1.29 is 19.5 Å². The molecule has 2 aliphatic rings. The number of halogens is 1. The molecule has 0 saturated carbocycles. The van der Waals surface area contributed by atoms with Gasteiger partial charge in [-0.2, -0.15) is 0 Å². The Hall–Kier alpha value is -2.12. The summed E-state index contributed by atoms with van der Waals surface area (Å²) in [5.74, 6) is -0.346. The van der Waals surface area contributed by atoms with E-state index in [9.17, 15) is 19.5 Å². The smallest absolute Gasteiger partial charge is 0.255 e. The van der Waals surface area contributed by atoms with Crippen molar-refractivity contribution in [3.05, 3.63) is 28.8 Å². The van der Waals surface area contributed by atoms with Crippen LogP contribution in [0.2, 0.25) is 5.02 Å². The minimum absolute atomic E-state index is 0.0484. The average molecular weight is 408 g/mol. The zero-order chi connectivity index (χ0) is 20.5. The third-order valence-electron chi connectivity index (χ3n) is 5.73. The standard InChI is InChI=1S/C20H26ClN3O4/c1-3-17(26)22-16-10-13(21)4-5-15(16)18(27)24-8-6-20(7-9-24)11-14(25)12-23(2)19(20)28/h4-5,10,14,25H,3,6-9,11-12H2,1-2H3,(H,22,26). The molecule has 2 aliphatic heterocycles. The first-order valence-electron chi connectivity index (χ1n) is 9.58. The van der Waals surface area contributed by atoms with Crippen molar-refractivity contribution in [2.75, 3.05) is 32.0 Å². The molecule has 0 bridgehead atoms. The molecule has 0 aromatic heterocycles. The molecule has 7 nitrogen and oxygen atoms in total. The predicted octanol–water partition coefficient (Wildman–Crippen LogP) is 2.13. The fourth-order valence-electron chi connectivity index (χ4n) is 4.18. The van der Waals surface area contributed by atoms with Crippen LogP contribution in [0.1, 0.15) is 43.0 Å². The normalized spacial score (nSPS) is 21.7. The minimum atomic E-state index is -0.595. The molecule has 3 amide bonds. The number of rotatable bonds is 3. The maximum absolute atomic E-state index is 13.1. The van der Waals surface area contributed by atoms with E-state index in [0.717, 1.165) is 0 Å². The van der Waals surface area contributed by atoms with E-state index >= 15 is 0 Å². The van der Waals surface area contributed by atoms with Crippen LogP contribution in [-0.2, 0) is 9.59 Å². The summed E-state index contributed by atoms with van der Waals surface area (Å²) in [5, 5.41) is 13.3. The summed E-state index contributed by atoms with van der Waals surface area (Å²) in [6.45, 7) is 2.94. The Balaban J connectivity index is 1.75. The average Bonchev–Trinajstić information content (AvgIpc) is 2.66. The quantitative estimate of drug-likeness (QED) is 0.803. The van der Waals surface area contributed by atoms with Crippen molar-refractivity contribution in [2.45, 2.75) is 38.7 Å². The number of anilines is 1. The number of amides is 3. The summed E-state index contributed by atoms with van der Waals surface area (Å²) in [4.78, 5) is 40.8. The topological polar surface area (TPSA) is 89.9 Å². The van der Waals surface area contributed by atoms with Crippen molar-refractivity contribution >= 4 is 35.0 Å². The van der Waals surface area contributed by atoms with Gasteiger partial charge >= 0.3 is 0 Å². The summed E-state index contributed by atoms with van der Waals surface area (Å²) in [6, 6.07) is 4.81. The summed E-state index contributed by atoms with van der Waals surface area (Å²) < 4.78 is 0. The van der Waals surface area contributed by atoms with Crippen LogP contribution >= 0.6 is 11.6 Å². The molecule has 1 unspecified atom stereocenters. The SMILES string of the molecule is CCC(=O)Nc1cc(Cl)ccc1C(=O)N1CCC2(CC1)CC(O)CN(C)C2=O. The third-order valence-corrected chi connectivity index (χ3v) is 5.96. The molecule has 2 fully saturated rings. The highest BCUT2D eigenvalue weighted by atomic mass is 35.5. The molecule has 2 heterocycles. The lowest BCUT2D eigenvalue weighted by Crippen LogP contribution is -2.56. The number of hydrogen-bond donors (Lipinski definition) is 2. The van der Waals surface area contributed by atoms with Crippen molar-refractivity contribution in [3.8, 4) is 0 Å². The first kappa shape index (κ1) is 20.6. The molecule has 1 spiro atoms. The number of benzene rings is 1. The Bertz CT molecular complexity index is 790. The number of likely N-dealkylation sites (tertiary alicyclic amines) is 2. The van der Waals surface area contributed by atoms with E-state index in [-0.39, 0.29) is 17.7 Å². The van der Waals surface area contributed by atoms with Gasteiger partial charge in [-0.25, -0.2) is 0 Å². The Labute approximate surface area is 169 Å². The highest BCUT2D eigenvalue weighted by molar-refractivity contribution is 6.31. The van der Waals surface area contributed by atoms with Gasteiger partial charge in [0.15, 0.2) is 0 Å². The molecule has 2 N–H and O–H groups in total. The van der Waals surface area contributed by atoms with Gasteiger partial charge < -0.3 is 20.2 Å². The van der Waals surface area contributed by atoms with Gasteiger partial charge in [-0.05, 0) is 37.5 Å². The molecular weight excluding hydrogens is 382 g/mol. The second-order valence-electron chi connectivity index (χ2n) is 7.71. The number of carbonyl (C=O) groups excluding carboxylic acids is 3. The van der Waals surface area contributed by atoms with Crippen LogP contribution in [-0.4, -0.2) is 65.4 Å². The Kier molecular flexibility index (Phi) is 5.95. The van der Waals surface area contributed by atoms with Gasteiger partial charge in [0.25, 0.3) is 5.91 Å². The van der Waals surface area contributed by atoms with Gasteiger partial charge in [-0.3, -0.25) is 14.4 Å². The largest absolute Gasteiger partial charge is 0.391 e. The molecule has 1 atom stereocenters. The number of carbonyl (C=O) groups is 3. The van der Waals surface area contributed by atoms with Gasteiger partial charge in [0, 0.05) is 38.1 Å². The Morgan fingerprint density at radius 1 is 1.32 bits per heavy atom. The number of nitrogens with one attached hydrogen (secondary N) is 1. The van der Waals surface area contributed by atoms with Gasteiger partial charge in [-0.15, -0.1) is 0 Å². The van der Waals surface area contributed by atoms with Crippen LogP contribution < -0.4 is 5.32 Å². The molecule has 0 aliphatic carbocycles. The first-order chi connectivity index (χ1) is 13.3. The Morgan fingerprint density at radius 2 is 2.00 bits per heavy atom. The Morgan fingerprint density at radius 3 is 2.64 bits per heavy atom. The molecule has 3 rings (SSSR count). The minimum Gasteiger partial charge on any atom is -0.391 e. The molecule has 28 heavy (non-hydrogen) atoms. The van der Waals surface area contributed by atoms with Crippen molar-refractivity contribution in [1.29, 1.82) is 0 Å². The number of aliphatic hydroxyl groups excluding tert-OH is 1. The number of aliphatic hydroxyl groups is 1. The van der Waals surface area contributed by atoms with Crippen LogP contribution in [0.25, 0.3) is 0 Å². The zero-order valence-corrected chi connectivity index (χ0v) is 17.0. The van der Waals surface area contributed by atoms with E-state index in [0.29, 0.717) is 61.6 Å². The second kappa shape index (κ2) is 8.09. The fourth-order valence-corrected chi connectivity index (χ4v) is 4.35. The van der Waals surface area contributed by atoms with Crippen LogP contribution in [0.3, 0.4) is 0 Å². The van der Waals surface area contributed by atoms with Gasteiger partial charge in [0.05, 0.1) is 22.8 Å². The zero-order valence-electron chi connectivity index (χ0n) is 16.2. The highest BCUT2D eigenvalue weighted by Crippen LogP contribution is 2.41. The van der Waals surface area contributed by atoms with Gasteiger partial charge in [0.2, 0.25) is 11.8 Å². The maximum atomic E-state index is 13.1. The summed E-state index contributed by atoms with van der Waals surface area (Å²) in [6.07, 6.45) is 1.24. The van der Waals surface area contributed by atoms with Gasteiger partial charge in [0.1, 0.15) is 0 Å². The molecule has 1 aromatic carbocycles. The number of piperidine rings is 2. The summed E-state index contributed by atoms with van der Waals surface area (Å²) >= 11 is 6.03. The number of hydrogen-bond acceptors (Lipinski definition) is 4. The molecular formula is C20H26ClN3O4. The van der Waals surface area contributed by atoms with Gasteiger partial charge in [-0.1, -0.05) is 18.5 Å². The van der Waals surface area contributed by atoms with Crippen LogP contribution in [0.4, 0.5) is 5.69 Å². The van der Waals surface area contributed by atoms with E-state index in [1.54, 1.807) is 42.0 Å². The summed E-state index contributed by atoms with van der Waals surface area (Å²) in [5.41, 5.74) is 0.186. The van der Waals surface area contributed by atoms with Crippen molar-refractivity contribution in [1.82, 2.24) is 9.80 Å². The van der Waals surface area contributed by atoms with Crippen molar-refractivity contribution in [2.24, 2.45) is 5.41 Å². The third kappa shape index (κ3) is 4.00. The predicted molar refractivity (Wildman–Crippen MR) is 106 cm³/mol. The van der Waals surface area contributed by atoms with Crippen LogP contribution in [0, 0.1) is 5.41 Å². The first-order valence-corrected chi connectivity index (χ1v) is 9.96. The molecule has 8 heteroatoms. The van der Waals surface area contributed by atoms with Crippen LogP contribution in [0.15, 0.2) is 18.2 Å². The second-order valence-corrected chi connectivity index (χ2v) is 8.14.